The number of carbonyl (C=O) groups excluding carboxylic acids is 2. The average Bonchev–Trinajstić information content (AvgIpc) is 2.63. The molecule has 1 rings (SSSR count). The molecule has 158 valence electrons. The number of halogens is 4. The lowest BCUT2D eigenvalue weighted by Gasteiger charge is -2.13. The maximum atomic E-state index is 13.7. The Morgan fingerprint density at radius 2 is 1.54 bits per heavy atom. The van der Waals surface area contributed by atoms with Crippen molar-refractivity contribution in [3.63, 3.8) is 0 Å². The second-order valence-corrected chi connectivity index (χ2v) is 6.41. The lowest BCUT2D eigenvalue weighted by atomic mass is 10.1. The minimum atomic E-state index is -4.76. The largest absolute Gasteiger partial charge is 0.466 e. The molecule has 0 radical (unpaired) electrons. The van der Waals surface area contributed by atoms with Gasteiger partial charge in [-0.1, -0.05) is 45.1 Å². The topological polar surface area (TPSA) is 52.6 Å². The summed E-state index contributed by atoms with van der Waals surface area (Å²) in [6.45, 7) is 1.54. The van der Waals surface area contributed by atoms with E-state index in [2.05, 4.69) is 11.7 Å². The first-order chi connectivity index (χ1) is 13.3. The van der Waals surface area contributed by atoms with Gasteiger partial charge in [-0.15, -0.1) is 0 Å². The highest BCUT2D eigenvalue weighted by Crippen LogP contribution is 2.33. The first-order valence-corrected chi connectivity index (χ1v) is 9.41. The van der Waals surface area contributed by atoms with Crippen molar-refractivity contribution in [3.05, 3.63) is 35.1 Å². The number of esters is 2. The summed E-state index contributed by atoms with van der Waals surface area (Å²) in [7, 11) is 0. The van der Waals surface area contributed by atoms with Crippen LogP contribution < -0.4 is 0 Å². The van der Waals surface area contributed by atoms with Gasteiger partial charge in [0.25, 0.3) is 0 Å². The fraction of sp³-hybridized carbons (Fsp3) is 0.600. The van der Waals surface area contributed by atoms with Crippen molar-refractivity contribution in [2.45, 2.75) is 71.1 Å². The van der Waals surface area contributed by atoms with Crippen LogP contribution in [0.4, 0.5) is 17.6 Å². The standard InChI is InChI=1S/C20H26F4O4/c1-2-3-4-5-6-7-13-27-18(25)11-12-19(26)28-14-15-16(20(22,23)24)9-8-10-17(15)21/h8-10H,2-7,11-14H2,1H3. The lowest BCUT2D eigenvalue weighted by Crippen LogP contribution is -2.15. The molecule has 0 aliphatic heterocycles. The van der Waals surface area contributed by atoms with Crippen molar-refractivity contribution in [3.8, 4) is 0 Å². The van der Waals surface area contributed by atoms with E-state index in [1.807, 2.05) is 0 Å². The van der Waals surface area contributed by atoms with Crippen LogP contribution in [0.25, 0.3) is 0 Å². The monoisotopic (exact) mass is 406 g/mol. The van der Waals surface area contributed by atoms with E-state index in [4.69, 9.17) is 4.74 Å². The molecule has 0 saturated heterocycles. The zero-order valence-electron chi connectivity index (χ0n) is 15.9. The third-order valence-corrected chi connectivity index (χ3v) is 4.10. The van der Waals surface area contributed by atoms with Crippen LogP contribution in [0.1, 0.15) is 69.4 Å². The molecule has 0 spiro atoms. The summed E-state index contributed by atoms with van der Waals surface area (Å²) in [5.74, 6) is -2.58. The van der Waals surface area contributed by atoms with Gasteiger partial charge in [-0.25, -0.2) is 4.39 Å². The molecule has 0 heterocycles. The Balaban J connectivity index is 2.30. The molecule has 0 aliphatic carbocycles. The van der Waals surface area contributed by atoms with Gasteiger partial charge in [-0.05, 0) is 18.6 Å². The van der Waals surface area contributed by atoms with Crippen LogP contribution in [-0.4, -0.2) is 18.5 Å². The number of rotatable bonds is 12. The summed E-state index contributed by atoms with van der Waals surface area (Å²) in [4.78, 5) is 23.2. The van der Waals surface area contributed by atoms with E-state index in [-0.39, 0.29) is 19.4 Å². The maximum Gasteiger partial charge on any atom is 0.416 e. The van der Waals surface area contributed by atoms with Gasteiger partial charge in [0.05, 0.1) is 25.0 Å². The van der Waals surface area contributed by atoms with Gasteiger partial charge < -0.3 is 9.47 Å². The second-order valence-electron chi connectivity index (χ2n) is 6.41. The number of ether oxygens (including phenoxy) is 2. The van der Waals surface area contributed by atoms with Crippen LogP contribution in [0.2, 0.25) is 0 Å². The zero-order valence-corrected chi connectivity index (χ0v) is 15.9. The van der Waals surface area contributed by atoms with Crippen LogP contribution in [0, 0.1) is 5.82 Å². The number of unbranched alkanes of at least 4 members (excludes halogenated alkanes) is 5. The molecule has 0 atom stereocenters. The Labute approximate surface area is 162 Å². The minimum absolute atomic E-state index is 0.238. The number of benzene rings is 1. The summed E-state index contributed by atoms with van der Waals surface area (Å²) in [5.41, 5.74) is -1.94. The molecular weight excluding hydrogens is 380 g/mol. The molecule has 0 N–H and O–H groups in total. The van der Waals surface area contributed by atoms with E-state index in [0.29, 0.717) is 6.07 Å². The highest BCUT2D eigenvalue weighted by molar-refractivity contribution is 5.77. The van der Waals surface area contributed by atoms with Gasteiger partial charge in [0, 0.05) is 5.56 Å². The van der Waals surface area contributed by atoms with E-state index < -0.39 is 41.7 Å². The van der Waals surface area contributed by atoms with Gasteiger partial charge >= 0.3 is 18.1 Å². The van der Waals surface area contributed by atoms with E-state index in [0.717, 1.165) is 44.2 Å². The van der Waals surface area contributed by atoms with Gasteiger partial charge in [-0.2, -0.15) is 13.2 Å². The molecule has 0 saturated carbocycles. The van der Waals surface area contributed by atoms with Crippen LogP contribution in [0.3, 0.4) is 0 Å². The van der Waals surface area contributed by atoms with Crippen molar-refractivity contribution in [2.75, 3.05) is 6.61 Å². The van der Waals surface area contributed by atoms with E-state index in [1.165, 1.54) is 6.42 Å². The molecule has 28 heavy (non-hydrogen) atoms. The zero-order chi connectivity index (χ0) is 21.0. The SMILES string of the molecule is CCCCCCCCOC(=O)CCC(=O)OCc1c(F)cccc1C(F)(F)F. The minimum Gasteiger partial charge on any atom is -0.466 e. The lowest BCUT2D eigenvalue weighted by molar-refractivity contribution is -0.152. The maximum absolute atomic E-state index is 13.7. The van der Waals surface area contributed by atoms with Gasteiger partial charge in [0.2, 0.25) is 0 Å². The fourth-order valence-electron chi connectivity index (χ4n) is 2.54. The molecule has 0 fully saturated rings. The fourth-order valence-corrected chi connectivity index (χ4v) is 2.54. The number of carbonyl (C=O) groups is 2. The summed E-state index contributed by atoms with van der Waals surface area (Å²) >= 11 is 0. The molecule has 0 aromatic heterocycles. The Morgan fingerprint density at radius 1 is 0.929 bits per heavy atom. The molecule has 0 unspecified atom stereocenters. The molecule has 0 bridgehead atoms. The number of alkyl halides is 3. The predicted molar refractivity (Wildman–Crippen MR) is 94.8 cm³/mol. The van der Waals surface area contributed by atoms with E-state index in [1.54, 1.807) is 0 Å². The Bertz CT molecular complexity index is 629. The Morgan fingerprint density at radius 3 is 2.18 bits per heavy atom. The third-order valence-electron chi connectivity index (χ3n) is 4.10. The molecule has 0 aliphatic rings. The molecular formula is C20H26F4O4. The Kier molecular flexibility index (Phi) is 10.6. The van der Waals surface area contributed by atoms with Crippen molar-refractivity contribution in [1.29, 1.82) is 0 Å². The predicted octanol–water partition coefficient (Wildman–Crippen LogP) is 5.57. The quantitative estimate of drug-likeness (QED) is 0.259. The molecule has 8 heteroatoms. The molecule has 1 aromatic rings. The van der Waals surface area contributed by atoms with Gasteiger partial charge in [0.15, 0.2) is 0 Å². The Hall–Kier alpha value is -2.12. The summed E-state index contributed by atoms with van der Waals surface area (Å²) in [5, 5.41) is 0. The van der Waals surface area contributed by atoms with Crippen molar-refractivity contribution >= 4 is 11.9 Å². The van der Waals surface area contributed by atoms with Crippen LogP contribution in [0.15, 0.2) is 18.2 Å². The third kappa shape index (κ3) is 9.19. The highest BCUT2D eigenvalue weighted by atomic mass is 19.4. The average molecular weight is 406 g/mol. The summed E-state index contributed by atoms with van der Waals surface area (Å²) in [6, 6.07) is 2.51. The second kappa shape index (κ2) is 12.4. The van der Waals surface area contributed by atoms with Gasteiger partial charge in [-0.3, -0.25) is 9.59 Å². The van der Waals surface area contributed by atoms with Crippen molar-refractivity contribution in [1.82, 2.24) is 0 Å². The summed E-state index contributed by atoms with van der Waals surface area (Å²) in [6.07, 6.45) is 0.918. The van der Waals surface area contributed by atoms with E-state index >= 15 is 0 Å². The van der Waals surface area contributed by atoms with E-state index in [9.17, 15) is 27.2 Å². The van der Waals surface area contributed by atoms with Crippen LogP contribution in [0.5, 0.6) is 0 Å². The molecule has 0 amide bonds. The number of hydrogen-bond acceptors (Lipinski definition) is 4. The number of hydrogen-bond donors (Lipinski definition) is 0. The van der Waals surface area contributed by atoms with Crippen LogP contribution >= 0.6 is 0 Å². The highest BCUT2D eigenvalue weighted by Gasteiger charge is 2.34. The summed E-state index contributed by atoms with van der Waals surface area (Å²) < 4.78 is 61.9. The first kappa shape index (κ1) is 23.9. The van der Waals surface area contributed by atoms with Crippen molar-refractivity contribution < 1.29 is 36.6 Å². The normalized spacial score (nSPS) is 11.3. The van der Waals surface area contributed by atoms with Crippen LogP contribution in [-0.2, 0) is 31.8 Å². The molecule has 4 nitrogen and oxygen atoms in total. The smallest absolute Gasteiger partial charge is 0.416 e. The molecule has 1 aromatic carbocycles. The van der Waals surface area contributed by atoms with Crippen molar-refractivity contribution in [2.24, 2.45) is 0 Å². The first-order valence-electron chi connectivity index (χ1n) is 9.41. The van der Waals surface area contributed by atoms with Gasteiger partial charge in [0.1, 0.15) is 12.4 Å².